The third-order valence-corrected chi connectivity index (χ3v) is 2.58. The highest BCUT2D eigenvalue weighted by Gasteiger charge is 2.02. The van der Waals surface area contributed by atoms with Gasteiger partial charge in [-0.1, -0.05) is 12.1 Å². The van der Waals surface area contributed by atoms with Gasteiger partial charge >= 0.3 is 6.03 Å². The summed E-state index contributed by atoms with van der Waals surface area (Å²) in [4.78, 5) is 17.9. The Morgan fingerprint density at radius 1 is 1.53 bits per heavy atom. The SMILES string of the molecule is NC(=O)NSCc1nc2ccccc2[nH]1. The smallest absolute Gasteiger partial charge is 0.322 e. The number of nitrogens with zero attached hydrogens (tertiary/aromatic N) is 1. The standard InChI is InChI=1S/C9H10N4OS/c10-9(14)13-15-5-8-11-6-3-1-2-4-7(6)12-8/h1-4H,5H2,(H,11,12)(H3,10,13,14). The largest absolute Gasteiger partial charge is 0.351 e. The molecule has 1 heterocycles. The van der Waals surface area contributed by atoms with E-state index >= 15 is 0 Å². The molecule has 2 aromatic rings. The maximum absolute atomic E-state index is 10.4. The topological polar surface area (TPSA) is 83.8 Å². The fourth-order valence-electron chi connectivity index (χ4n) is 1.25. The van der Waals surface area contributed by atoms with Crippen molar-refractivity contribution in [1.29, 1.82) is 0 Å². The molecule has 0 unspecified atom stereocenters. The molecule has 0 fully saturated rings. The van der Waals surface area contributed by atoms with E-state index in [0.29, 0.717) is 5.75 Å². The molecule has 0 aliphatic heterocycles. The molecule has 2 rings (SSSR count). The van der Waals surface area contributed by atoms with Crippen LogP contribution in [0.1, 0.15) is 5.82 Å². The predicted molar refractivity (Wildman–Crippen MR) is 60.1 cm³/mol. The Kier molecular flexibility index (Phi) is 2.77. The first-order valence-electron chi connectivity index (χ1n) is 4.36. The molecular weight excluding hydrogens is 212 g/mol. The maximum Gasteiger partial charge on any atom is 0.322 e. The van der Waals surface area contributed by atoms with Gasteiger partial charge in [-0.15, -0.1) is 0 Å². The number of nitrogens with two attached hydrogens (primary N) is 1. The monoisotopic (exact) mass is 222 g/mol. The molecule has 1 aromatic carbocycles. The van der Waals surface area contributed by atoms with Gasteiger partial charge in [0.05, 0.1) is 16.8 Å². The summed E-state index contributed by atoms with van der Waals surface area (Å²) in [6.07, 6.45) is 0. The lowest BCUT2D eigenvalue weighted by atomic mass is 10.3. The van der Waals surface area contributed by atoms with Crippen molar-refractivity contribution in [3.63, 3.8) is 0 Å². The highest BCUT2D eigenvalue weighted by Crippen LogP contribution is 2.13. The van der Waals surface area contributed by atoms with Gasteiger partial charge < -0.3 is 10.7 Å². The van der Waals surface area contributed by atoms with E-state index in [1.807, 2.05) is 24.3 Å². The molecule has 0 saturated heterocycles. The van der Waals surface area contributed by atoms with Crippen molar-refractivity contribution in [3.05, 3.63) is 30.1 Å². The van der Waals surface area contributed by atoms with Crippen molar-refractivity contribution in [2.75, 3.05) is 0 Å². The zero-order chi connectivity index (χ0) is 10.7. The van der Waals surface area contributed by atoms with E-state index in [2.05, 4.69) is 14.7 Å². The summed E-state index contributed by atoms with van der Waals surface area (Å²) in [5, 5.41) is 0. The summed E-state index contributed by atoms with van der Waals surface area (Å²) in [7, 11) is 0. The lowest BCUT2D eigenvalue weighted by Crippen LogP contribution is -2.23. The van der Waals surface area contributed by atoms with Gasteiger partial charge in [0.1, 0.15) is 5.82 Å². The van der Waals surface area contributed by atoms with Gasteiger partial charge in [0.25, 0.3) is 0 Å². The molecular formula is C9H10N4OS. The van der Waals surface area contributed by atoms with Gasteiger partial charge in [0, 0.05) is 0 Å². The van der Waals surface area contributed by atoms with Gasteiger partial charge in [0.2, 0.25) is 0 Å². The highest BCUT2D eigenvalue weighted by atomic mass is 32.2. The number of aromatic amines is 1. The van der Waals surface area contributed by atoms with Crippen LogP contribution < -0.4 is 10.5 Å². The number of rotatable bonds is 3. The summed E-state index contributed by atoms with van der Waals surface area (Å²) >= 11 is 1.21. The first-order valence-corrected chi connectivity index (χ1v) is 5.35. The van der Waals surface area contributed by atoms with Crippen molar-refractivity contribution < 1.29 is 4.79 Å². The molecule has 5 nitrogen and oxygen atoms in total. The molecule has 0 spiro atoms. The number of urea groups is 1. The number of primary amides is 1. The van der Waals surface area contributed by atoms with Crippen molar-refractivity contribution >= 4 is 29.0 Å². The number of benzene rings is 1. The second-order valence-electron chi connectivity index (χ2n) is 2.96. The van der Waals surface area contributed by atoms with Crippen LogP contribution in [0.2, 0.25) is 0 Å². The van der Waals surface area contributed by atoms with Gasteiger partial charge in [-0.2, -0.15) is 0 Å². The molecule has 0 aliphatic carbocycles. The third kappa shape index (κ3) is 2.41. The number of carbonyl (C=O) groups excluding carboxylic acids is 1. The summed E-state index contributed by atoms with van der Waals surface area (Å²) in [6.45, 7) is 0. The summed E-state index contributed by atoms with van der Waals surface area (Å²) in [5.74, 6) is 1.38. The van der Waals surface area contributed by atoms with Crippen LogP contribution >= 0.6 is 11.9 Å². The van der Waals surface area contributed by atoms with Crippen molar-refractivity contribution in [1.82, 2.24) is 14.7 Å². The number of hydrogen-bond acceptors (Lipinski definition) is 3. The first-order chi connectivity index (χ1) is 7.25. The normalized spacial score (nSPS) is 10.4. The van der Waals surface area contributed by atoms with Crippen LogP contribution in [-0.4, -0.2) is 16.0 Å². The van der Waals surface area contributed by atoms with Crippen LogP contribution in [0.3, 0.4) is 0 Å². The zero-order valence-corrected chi connectivity index (χ0v) is 8.67. The fourth-order valence-corrected chi connectivity index (χ4v) is 1.74. The Hall–Kier alpha value is -1.69. The van der Waals surface area contributed by atoms with Crippen molar-refractivity contribution in [2.24, 2.45) is 5.73 Å². The number of aromatic nitrogens is 2. The Morgan fingerprint density at radius 2 is 2.33 bits per heavy atom. The first kappa shape index (κ1) is 9.85. The molecule has 6 heteroatoms. The van der Waals surface area contributed by atoms with E-state index in [4.69, 9.17) is 5.73 Å². The van der Waals surface area contributed by atoms with Crippen LogP contribution in [0.4, 0.5) is 4.79 Å². The molecule has 78 valence electrons. The van der Waals surface area contributed by atoms with E-state index in [0.717, 1.165) is 16.9 Å². The minimum atomic E-state index is -0.545. The van der Waals surface area contributed by atoms with Gasteiger partial charge in [-0.3, -0.25) is 4.72 Å². The molecule has 1 aromatic heterocycles. The maximum atomic E-state index is 10.4. The Morgan fingerprint density at radius 3 is 3.07 bits per heavy atom. The Labute approximate surface area is 90.6 Å². The van der Waals surface area contributed by atoms with Crippen LogP contribution in [-0.2, 0) is 5.75 Å². The molecule has 0 radical (unpaired) electrons. The summed E-state index contributed by atoms with van der Waals surface area (Å²) in [5.41, 5.74) is 6.85. The van der Waals surface area contributed by atoms with E-state index in [1.165, 1.54) is 11.9 Å². The fraction of sp³-hybridized carbons (Fsp3) is 0.111. The highest BCUT2D eigenvalue weighted by molar-refractivity contribution is 7.97. The molecule has 0 bridgehead atoms. The minimum Gasteiger partial charge on any atom is -0.351 e. The number of fused-ring (bicyclic) bond motifs is 1. The average Bonchev–Trinajstić information content (AvgIpc) is 2.59. The lowest BCUT2D eigenvalue weighted by Gasteiger charge is -1.96. The number of imidazole rings is 1. The third-order valence-electron chi connectivity index (χ3n) is 1.82. The number of para-hydroxylation sites is 2. The number of nitrogens with one attached hydrogen (secondary N) is 2. The van der Waals surface area contributed by atoms with Crippen molar-refractivity contribution in [2.45, 2.75) is 5.75 Å². The molecule has 2 amide bonds. The average molecular weight is 222 g/mol. The second kappa shape index (κ2) is 4.22. The summed E-state index contributed by atoms with van der Waals surface area (Å²) in [6, 6.07) is 7.22. The number of H-pyrrole nitrogens is 1. The lowest BCUT2D eigenvalue weighted by molar-refractivity contribution is 0.254. The van der Waals surface area contributed by atoms with Crippen LogP contribution in [0.15, 0.2) is 24.3 Å². The quantitative estimate of drug-likeness (QED) is 0.686. The summed E-state index contributed by atoms with van der Waals surface area (Å²) < 4.78 is 2.43. The van der Waals surface area contributed by atoms with E-state index in [9.17, 15) is 4.79 Å². The van der Waals surface area contributed by atoms with Crippen LogP contribution in [0, 0.1) is 0 Å². The molecule has 4 N–H and O–H groups in total. The van der Waals surface area contributed by atoms with Gasteiger partial charge in [-0.25, -0.2) is 9.78 Å². The van der Waals surface area contributed by atoms with Crippen LogP contribution in [0.5, 0.6) is 0 Å². The van der Waals surface area contributed by atoms with E-state index < -0.39 is 6.03 Å². The zero-order valence-electron chi connectivity index (χ0n) is 7.86. The van der Waals surface area contributed by atoms with Crippen molar-refractivity contribution in [3.8, 4) is 0 Å². The van der Waals surface area contributed by atoms with Crippen LogP contribution in [0.25, 0.3) is 11.0 Å². The Bertz CT molecular complexity index is 449. The van der Waals surface area contributed by atoms with E-state index in [-0.39, 0.29) is 0 Å². The van der Waals surface area contributed by atoms with E-state index in [1.54, 1.807) is 0 Å². The number of hydrogen-bond donors (Lipinski definition) is 3. The minimum absolute atomic E-state index is 0.545. The number of amides is 2. The van der Waals surface area contributed by atoms with Gasteiger partial charge in [0.15, 0.2) is 0 Å². The van der Waals surface area contributed by atoms with Gasteiger partial charge in [-0.05, 0) is 24.1 Å². The molecule has 0 saturated carbocycles. The molecule has 0 atom stereocenters. The predicted octanol–water partition coefficient (Wildman–Crippen LogP) is 1.38. The number of carbonyl (C=O) groups is 1. The molecule has 0 aliphatic rings. The Balaban J connectivity index is 2.05. The molecule has 15 heavy (non-hydrogen) atoms. The second-order valence-corrected chi connectivity index (χ2v) is 3.74.